The van der Waals surface area contributed by atoms with Crippen LogP contribution in [-0.2, 0) is 11.8 Å². The van der Waals surface area contributed by atoms with Crippen LogP contribution in [0.25, 0.3) is 10.9 Å². The zero-order valence-electron chi connectivity index (χ0n) is 13.1. The number of carbonyl (C=O) groups is 1. The summed E-state index contributed by atoms with van der Waals surface area (Å²) < 4.78 is 1.50. The summed E-state index contributed by atoms with van der Waals surface area (Å²) in [5, 5.41) is 4.13. The summed E-state index contributed by atoms with van der Waals surface area (Å²) in [4.78, 5) is 28.7. The van der Waals surface area contributed by atoms with Crippen molar-refractivity contribution in [3.05, 3.63) is 34.6 Å². The average molecular weight is 319 g/mol. The molecule has 1 aromatic heterocycles. The number of nitrogens with one attached hydrogen (secondary N) is 1. The highest BCUT2D eigenvalue weighted by Crippen LogP contribution is 2.16. The molecule has 6 heteroatoms. The van der Waals surface area contributed by atoms with Crippen molar-refractivity contribution in [1.29, 1.82) is 0 Å². The van der Waals surface area contributed by atoms with E-state index in [0.29, 0.717) is 16.1 Å². The normalized spacial score (nSPS) is 11.1. The number of aromatic nitrogens is 2. The molecular weight excluding hydrogens is 298 g/mol. The molecule has 1 amide bonds. The Bertz CT molecular complexity index is 723. The Morgan fingerprint density at radius 1 is 1.32 bits per heavy atom. The third-order valence-electron chi connectivity index (χ3n) is 3.63. The van der Waals surface area contributed by atoms with Crippen molar-refractivity contribution >= 4 is 28.6 Å². The summed E-state index contributed by atoms with van der Waals surface area (Å²) in [6.45, 7) is 4.10. The molecule has 118 valence electrons. The molecule has 0 saturated carbocycles. The van der Waals surface area contributed by atoms with Gasteiger partial charge in [0, 0.05) is 13.1 Å². The summed E-state index contributed by atoms with van der Waals surface area (Å²) in [6.07, 6.45) is 1.83. The Morgan fingerprint density at radius 3 is 2.68 bits per heavy atom. The number of nitrogens with zero attached hydrogens (tertiary/aromatic N) is 2. The Kier molecular flexibility index (Phi) is 5.60. The van der Waals surface area contributed by atoms with Crippen LogP contribution in [0.3, 0.4) is 0 Å². The Morgan fingerprint density at radius 2 is 2.00 bits per heavy atom. The van der Waals surface area contributed by atoms with E-state index in [1.165, 1.54) is 16.3 Å². The smallest absolute Gasteiger partial charge is 0.261 e. The van der Waals surface area contributed by atoms with E-state index < -0.39 is 0 Å². The van der Waals surface area contributed by atoms with Gasteiger partial charge in [0.1, 0.15) is 0 Å². The van der Waals surface area contributed by atoms with Crippen LogP contribution >= 0.6 is 11.8 Å². The molecule has 0 aliphatic carbocycles. The number of rotatable bonds is 6. The molecule has 0 spiro atoms. The van der Waals surface area contributed by atoms with E-state index in [-0.39, 0.29) is 23.3 Å². The number of thioether (sulfide) groups is 1. The monoisotopic (exact) mass is 319 g/mol. The first-order valence-electron chi connectivity index (χ1n) is 7.44. The number of benzene rings is 1. The first-order chi connectivity index (χ1) is 10.6. The molecule has 1 heterocycles. The van der Waals surface area contributed by atoms with Crippen molar-refractivity contribution in [2.45, 2.75) is 37.9 Å². The average Bonchev–Trinajstić information content (AvgIpc) is 2.54. The van der Waals surface area contributed by atoms with E-state index in [2.05, 4.69) is 24.1 Å². The molecule has 5 nitrogen and oxygen atoms in total. The van der Waals surface area contributed by atoms with Gasteiger partial charge in [0.25, 0.3) is 5.56 Å². The van der Waals surface area contributed by atoms with Crippen molar-refractivity contribution in [1.82, 2.24) is 14.9 Å². The van der Waals surface area contributed by atoms with Gasteiger partial charge in [0.2, 0.25) is 5.91 Å². The van der Waals surface area contributed by atoms with Gasteiger partial charge in [-0.3, -0.25) is 14.2 Å². The Labute approximate surface area is 134 Å². The molecule has 1 N–H and O–H groups in total. The van der Waals surface area contributed by atoms with Crippen LogP contribution in [0.5, 0.6) is 0 Å². The van der Waals surface area contributed by atoms with Crippen LogP contribution < -0.4 is 10.9 Å². The Balaban J connectivity index is 2.13. The minimum Gasteiger partial charge on any atom is -0.353 e. The highest BCUT2D eigenvalue weighted by atomic mass is 32.2. The summed E-state index contributed by atoms with van der Waals surface area (Å²) in [5.74, 6) is 0.232. The lowest BCUT2D eigenvalue weighted by atomic mass is 10.2. The molecule has 0 bridgehead atoms. The number of carbonyl (C=O) groups excluding carboxylic acids is 1. The van der Waals surface area contributed by atoms with Crippen molar-refractivity contribution in [3.63, 3.8) is 0 Å². The molecule has 0 unspecified atom stereocenters. The van der Waals surface area contributed by atoms with Crippen LogP contribution in [0.4, 0.5) is 0 Å². The number of hydrogen-bond acceptors (Lipinski definition) is 4. The van der Waals surface area contributed by atoms with Crippen LogP contribution in [0, 0.1) is 0 Å². The van der Waals surface area contributed by atoms with Gasteiger partial charge >= 0.3 is 0 Å². The van der Waals surface area contributed by atoms with Crippen LogP contribution in [0.2, 0.25) is 0 Å². The largest absolute Gasteiger partial charge is 0.353 e. The molecule has 2 aromatic rings. The molecule has 0 aliphatic rings. The topological polar surface area (TPSA) is 64.0 Å². The van der Waals surface area contributed by atoms with Crippen molar-refractivity contribution in [2.75, 3.05) is 5.75 Å². The molecule has 0 saturated heterocycles. The SMILES string of the molecule is CCC(CC)NC(=O)CSc1nc2ccccc2c(=O)n1C. The van der Waals surface area contributed by atoms with E-state index in [9.17, 15) is 9.59 Å². The standard InChI is InChI=1S/C16H21N3O2S/c1-4-11(5-2)17-14(20)10-22-16-18-13-9-7-6-8-12(13)15(21)19(16)3/h6-9,11H,4-5,10H2,1-3H3,(H,17,20). The third-order valence-corrected chi connectivity index (χ3v) is 4.66. The van der Waals surface area contributed by atoms with Crippen molar-refractivity contribution < 1.29 is 4.79 Å². The zero-order chi connectivity index (χ0) is 16.1. The predicted molar refractivity (Wildman–Crippen MR) is 90.2 cm³/mol. The first-order valence-corrected chi connectivity index (χ1v) is 8.43. The maximum atomic E-state index is 12.3. The van der Waals surface area contributed by atoms with Gasteiger partial charge in [-0.1, -0.05) is 37.7 Å². The maximum absolute atomic E-state index is 12.3. The Hall–Kier alpha value is -1.82. The van der Waals surface area contributed by atoms with Gasteiger partial charge in [-0.15, -0.1) is 0 Å². The molecule has 0 atom stereocenters. The maximum Gasteiger partial charge on any atom is 0.261 e. The number of amides is 1. The lowest BCUT2D eigenvalue weighted by Gasteiger charge is -2.14. The summed E-state index contributed by atoms with van der Waals surface area (Å²) in [5.41, 5.74) is 0.571. The summed E-state index contributed by atoms with van der Waals surface area (Å²) >= 11 is 1.29. The van der Waals surface area contributed by atoms with E-state index in [0.717, 1.165) is 12.8 Å². The first kappa shape index (κ1) is 16.5. The van der Waals surface area contributed by atoms with Gasteiger partial charge in [0.05, 0.1) is 16.7 Å². The quantitative estimate of drug-likeness (QED) is 0.655. The van der Waals surface area contributed by atoms with Gasteiger partial charge in [-0.05, 0) is 25.0 Å². The fraction of sp³-hybridized carbons (Fsp3) is 0.438. The summed E-state index contributed by atoms with van der Waals surface area (Å²) in [7, 11) is 1.68. The molecule has 22 heavy (non-hydrogen) atoms. The number of hydrogen-bond donors (Lipinski definition) is 1. The highest BCUT2D eigenvalue weighted by molar-refractivity contribution is 7.99. The fourth-order valence-corrected chi connectivity index (χ4v) is 3.00. The minimum atomic E-state index is -0.0894. The summed E-state index contributed by atoms with van der Waals surface area (Å²) in [6, 6.07) is 7.45. The van der Waals surface area contributed by atoms with Crippen LogP contribution in [0.1, 0.15) is 26.7 Å². The second-order valence-electron chi connectivity index (χ2n) is 5.15. The van der Waals surface area contributed by atoms with Gasteiger partial charge in [-0.2, -0.15) is 0 Å². The lowest BCUT2D eigenvalue weighted by molar-refractivity contribution is -0.119. The zero-order valence-corrected chi connectivity index (χ0v) is 13.9. The lowest BCUT2D eigenvalue weighted by Crippen LogP contribution is -2.35. The van der Waals surface area contributed by atoms with Crippen molar-refractivity contribution in [2.24, 2.45) is 7.05 Å². The van der Waals surface area contributed by atoms with Crippen molar-refractivity contribution in [3.8, 4) is 0 Å². The van der Waals surface area contributed by atoms with Gasteiger partial charge < -0.3 is 5.32 Å². The van der Waals surface area contributed by atoms with Crippen LogP contribution in [-0.4, -0.2) is 27.3 Å². The molecular formula is C16H21N3O2S. The second kappa shape index (κ2) is 7.45. The van der Waals surface area contributed by atoms with Gasteiger partial charge in [-0.25, -0.2) is 4.98 Å². The number of fused-ring (bicyclic) bond motifs is 1. The van der Waals surface area contributed by atoms with E-state index >= 15 is 0 Å². The molecule has 0 fully saturated rings. The van der Waals surface area contributed by atoms with Crippen LogP contribution in [0.15, 0.2) is 34.2 Å². The van der Waals surface area contributed by atoms with Gasteiger partial charge in [0.15, 0.2) is 5.16 Å². The predicted octanol–water partition coefficient (Wildman–Crippen LogP) is 2.33. The van der Waals surface area contributed by atoms with E-state index in [1.54, 1.807) is 13.1 Å². The molecule has 2 rings (SSSR count). The minimum absolute atomic E-state index is 0.0268. The molecule has 0 radical (unpaired) electrons. The number of para-hydroxylation sites is 1. The van der Waals surface area contributed by atoms with E-state index in [4.69, 9.17) is 0 Å². The fourth-order valence-electron chi connectivity index (χ4n) is 2.22. The third kappa shape index (κ3) is 3.68. The molecule has 1 aromatic carbocycles. The molecule has 0 aliphatic heterocycles. The second-order valence-corrected chi connectivity index (χ2v) is 6.09. The highest BCUT2D eigenvalue weighted by Gasteiger charge is 2.12. The van der Waals surface area contributed by atoms with E-state index in [1.807, 2.05) is 18.2 Å².